The van der Waals surface area contributed by atoms with E-state index in [0.29, 0.717) is 21.7 Å². The van der Waals surface area contributed by atoms with E-state index in [1.165, 1.54) is 6.20 Å². The van der Waals surface area contributed by atoms with E-state index in [1.807, 2.05) is 0 Å². The number of alkyl carbamates (subject to hydrolysis) is 1. The molecular formula is C19H20N6O6. The van der Waals surface area contributed by atoms with Gasteiger partial charge >= 0.3 is 12.1 Å². The molecule has 0 aliphatic carbocycles. The Labute approximate surface area is 176 Å². The molecule has 1 fully saturated rings. The number of aromatic nitrogens is 1. The molecule has 1 saturated heterocycles. The molecule has 1 aromatic carbocycles. The number of hydrogen-bond acceptors (Lipinski definition) is 8. The number of nitrogens with two attached hydrogens (primary N) is 1. The van der Waals surface area contributed by atoms with Gasteiger partial charge in [-0.2, -0.15) is 0 Å². The van der Waals surface area contributed by atoms with Crippen molar-refractivity contribution in [3.8, 4) is 0 Å². The Morgan fingerprint density at radius 2 is 1.87 bits per heavy atom. The first-order valence-electron chi connectivity index (χ1n) is 9.24. The average molecular weight is 428 g/mol. The minimum absolute atomic E-state index is 0.0131. The number of amides is 3. The fourth-order valence-electron chi connectivity index (χ4n) is 2.77. The van der Waals surface area contributed by atoms with E-state index in [-0.39, 0.29) is 38.5 Å². The summed E-state index contributed by atoms with van der Waals surface area (Å²) in [5.74, 6) is -2.06. The number of carbonyl (C=O) groups excluding carboxylic acids is 4. The van der Waals surface area contributed by atoms with Gasteiger partial charge < -0.3 is 25.9 Å². The maximum absolute atomic E-state index is 12.0. The normalized spacial score (nSPS) is 13.2. The number of benzene rings is 1. The Bertz CT molecular complexity index is 1040. The lowest BCUT2D eigenvalue weighted by Gasteiger charge is -2.12. The molecule has 12 heteroatoms. The van der Waals surface area contributed by atoms with Crippen LogP contribution in [0.5, 0.6) is 0 Å². The van der Waals surface area contributed by atoms with Crippen LogP contribution in [0.3, 0.4) is 0 Å². The predicted octanol–water partition coefficient (Wildman–Crippen LogP) is 0.0513. The molecule has 3 rings (SSSR count). The first kappa shape index (κ1) is 21.5. The van der Waals surface area contributed by atoms with Crippen LogP contribution in [0.1, 0.15) is 24.0 Å². The van der Waals surface area contributed by atoms with Crippen molar-refractivity contribution in [3.63, 3.8) is 0 Å². The molecule has 31 heavy (non-hydrogen) atoms. The van der Waals surface area contributed by atoms with Crippen molar-refractivity contribution in [2.75, 3.05) is 6.67 Å². The number of rotatable bonds is 7. The van der Waals surface area contributed by atoms with Crippen LogP contribution in [0, 0.1) is 5.41 Å². The van der Waals surface area contributed by atoms with Crippen molar-refractivity contribution in [2.45, 2.75) is 25.9 Å². The summed E-state index contributed by atoms with van der Waals surface area (Å²) in [7, 11) is 0. The van der Waals surface area contributed by atoms with Gasteiger partial charge in [-0.1, -0.05) is 12.1 Å². The number of pyridine rings is 1. The van der Waals surface area contributed by atoms with Gasteiger partial charge in [0.25, 0.3) is 11.8 Å². The fraction of sp³-hybridized carbons (Fsp3) is 0.263. The van der Waals surface area contributed by atoms with E-state index in [4.69, 9.17) is 20.7 Å². The molecule has 0 unspecified atom stereocenters. The highest BCUT2D eigenvalue weighted by molar-refractivity contribution is 6.01. The molecule has 0 bridgehead atoms. The second-order valence-electron chi connectivity index (χ2n) is 6.61. The third-order valence-corrected chi connectivity index (χ3v) is 4.23. The lowest BCUT2D eigenvalue weighted by Crippen LogP contribution is -2.40. The summed E-state index contributed by atoms with van der Waals surface area (Å²) in [6, 6.07) is 6.92. The fourth-order valence-corrected chi connectivity index (χ4v) is 2.77. The highest BCUT2D eigenvalue weighted by atomic mass is 16.7. The van der Waals surface area contributed by atoms with E-state index in [2.05, 4.69) is 15.6 Å². The second-order valence-corrected chi connectivity index (χ2v) is 6.61. The number of hydroxylamine groups is 2. The number of nitrogens with one attached hydrogen (secondary N) is 3. The topological polar surface area (TPSA) is 177 Å². The molecule has 1 aliphatic rings. The van der Waals surface area contributed by atoms with Crippen molar-refractivity contribution in [1.29, 1.82) is 5.41 Å². The van der Waals surface area contributed by atoms with E-state index >= 15 is 0 Å². The summed E-state index contributed by atoms with van der Waals surface area (Å²) in [6.45, 7) is -0.0454. The zero-order valence-electron chi connectivity index (χ0n) is 16.3. The lowest BCUT2D eigenvalue weighted by atomic mass is 10.1. The molecule has 2 aromatic rings. The lowest BCUT2D eigenvalue weighted by molar-refractivity contribution is -0.197. The average Bonchev–Trinajstić information content (AvgIpc) is 3.04. The molecule has 0 saturated carbocycles. The Morgan fingerprint density at radius 1 is 1.13 bits per heavy atom. The third-order valence-electron chi connectivity index (χ3n) is 4.23. The van der Waals surface area contributed by atoms with Gasteiger partial charge in [-0.25, -0.2) is 9.59 Å². The Kier molecular flexibility index (Phi) is 6.60. The monoisotopic (exact) mass is 428 g/mol. The quantitative estimate of drug-likeness (QED) is 0.205. The number of ether oxygens (including phenoxy) is 1. The Morgan fingerprint density at radius 3 is 2.58 bits per heavy atom. The van der Waals surface area contributed by atoms with Crippen LogP contribution >= 0.6 is 0 Å². The zero-order chi connectivity index (χ0) is 22.4. The van der Waals surface area contributed by atoms with Gasteiger partial charge in [-0.15, -0.1) is 5.06 Å². The summed E-state index contributed by atoms with van der Waals surface area (Å²) in [4.78, 5) is 55.8. The summed E-state index contributed by atoms with van der Waals surface area (Å²) in [5.41, 5.74) is 6.96. The largest absolute Gasteiger partial charge is 0.445 e. The maximum atomic E-state index is 12.0. The number of fused-ring (bicyclic) bond motifs is 1. The Balaban J connectivity index is 1.55. The highest BCUT2D eigenvalue weighted by Crippen LogP contribution is 2.18. The molecule has 12 nitrogen and oxygen atoms in total. The minimum atomic E-state index is -0.724. The smallest absolute Gasteiger partial charge is 0.408 e. The van der Waals surface area contributed by atoms with Gasteiger partial charge in [0.2, 0.25) is 0 Å². The zero-order valence-corrected chi connectivity index (χ0v) is 16.3. The van der Waals surface area contributed by atoms with E-state index in [1.54, 1.807) is 24.3 Å². The molecule has 1 aromatic heterocycles. The third kappa shape index (κ3) is 5.88. The minimum Gasteiger partial charge on any atom is -0.445 e. The molecule has 0 spiro atoms. The first-order valence-corrected chi connectivity index (χ1v) is 9.24. The number of nitrogens with zero attached hydrogens (tertiary/aromatic N) is 2. The van der Waals surface area contributed by atoms with Crippen LogP contribution in [0.2, 0.25) is 0 Å². The van der Waals surface area contributed by atoms with Gasteiger partial charge in [0.05, 0.1) is 18.6 Å². The molecule has 3 amide bonds. The predicted molar refractivity (Wildman–Crippen MR) is 106 cm³/mol. The van der Waals surface area contributed by atoms with Gasteiger partial charge in [-0.05, 0) is 17.7 Å². The number of hydrogen-bond donors (Lipinski definition) is 4. The van der Waals surface area contributed by atoms with Crippen LogP contribution in [0.4, 0.5) is 4.79 Å². The van der Waals surface area contributed by atoms with Crippen LogP contribution in [0.15, 0.2) is 30.5 Å². The van der Waals surface area contributed by atoms with E-state index < -0.39 is 23.9 Å². The highest BCUT2D eigenvalue weighted by Gasteiger charge is 2.32. The molecule has 5 N–H and O–H groups in total. The van der Waals surface area contributed by atoms with Crippen molar-refractivity contribution in [3.05, 3.63) is 41.6 Å². The van der Waals surface area contributed by atoms with Gasteiger partial charge in [0.1, 0.15) is 6.61 Å². The van der Waals surface area contributed by atoms with Gasteiger partial charge in [-0.3, -0.25) is 20.0 Å². The standard InChI is InChI=1S/C19H20N6O6/c20-18(21)23-10-24-19(29)30-9-12-5-13-2-1-11(6-14(13)22-8-12)7-17(28)31-25-15(26)3-4-16(25)27/h1-2,5-6,8H,3-4,7,9-10H2,(H,24,29)(H4,20,21,23). The SMILES string of the molecule is N=C(N)NCNC(=O)OCc1cnc2cc(CC(=O)ON3C(=O)CCC3=O)ccc2c1. The van der Waals surface area contributed by atoms with Crippen molar-refractivity contribution >= 4 is 40.7 Å². The molecular weight excluding hydrogens is 408 g/mol. The molecule has 0 atom stereocenters. The second kappa shape index (κ2) is 9.52. The summed E-state index contributed by atoms with van der Waals surface area (Å²) in [5, 5.41) is 13.0. The van der Waals surface area contributed by atoms with E-state index in [9.17, 15) is 19.2 Å². The van der Waals surface area contributed by atoms with Gasteiger partial charge in [0.15, 0.2) is 5.96 Å². The van der Waals surface area contributed by atoms with Crippen molar-refractivity contribution in [1.82, 2.24) is 20.7 Å². The van der Waals surface area contributed by atoms with Crippen molar-refractivity contribution in [2.24, 2.45) is 5.73 Å². The molecule has 1 aliphatic heterocycles. The summed E-state index contributed by atoms with van der Waals surface area (Å²) < 4.78 is 5.05. The number of imide groups is 1. The first-order chi connectivity index (χ1) is 14.8. The van der Waals surface area contributed by atoms with Crippen LogP contribution in [-0.4, -0.2) is 46.6 Å². The van der Waals surface area contributed by atoms with Crippen LogP contribution in [-0.2, 0) is 37.0 Å². The molecule has 162 valence electrons. The molecule has 2 heterocycles. The van der Waals surface area contributed by atoms with Crippen LogP contribution in [0.25, 0.3) is 10.9 Å². The summed E-state index contributed by atoms with van der Waals surface area (Å²) in [6.07, 6.45) is 0.795. The van der Waals surface area contributed by atoms with Crippen molar-refractivity contribution < 1.29 is 28.8 Å². The number of guanidine groups is 1. The molecule has 0 radical (unpaired) electrons. The summed E-state index contributed by atoms with van der Waals surface area (Å²) >= 11 is 0. The number of carbonyl (C=O) groups is 4. The Hall–Kier alpha value is -4.22. The van der Waals surface area contributed by atoms with Gasteiger partial charge in [0, 0.05) is 30.0 Å². The van der Waals surface area contributed by atoms with E-state index in [0.717, 1.165) is 5.39 Å². The maximum Gasteiger partial charge on any atom is 0.408 e. The van der Waals surface area contributed by atoms with Crippen LogP contribution < -0.4 is 16.4 Å².